The van der Waals surface area contributed by atoms with Gasteiger partial charge in [-0.25, -0.2) is 4.39 Å². The van der Waals surface area contributed by atoms with Crippen molar-refractivity contribution in [3.63, 3.8) is 0 Å². The third-order valence-corrected chi connectivity index (χ3v) is 4.44. The topological polar surface area (TPSA) is 67.4 Å². The molecule has 0 spiro atoms. The Morgan fingerprint density at radius 1 is 0.862 bits per heavy atom. The number of hydrogen-bond donors (Lipinski definition) is 2. The van der Waals surface area contributed by atoms with Crippen LogP contribution < -0.4 is 15.4 Å². The van der Waals surface area contributed by atoms with Crippen LogP contribution in [0.3, 0.4) is 0 Å². The van der Waals surface area contributed by atoms with Crippen LogP contribution in [0.15, 0.2) is 42.5 Å². The molecule has 2 aromatic rings. The van der Waals surface area contributed by atoms with E-state index < -0.39 is 5.82 Å². The molecule has 0 radical (unpaired) electrons. The summed E-state index contributed by atoms with van der Waals surface area (Å²) in [6, 6.07) is 11.2. The molecule has 0 saturated heterocycles. The highest BCUT2D eigenvalue weighted by Crippen LogP contribution is 2.20. The summed E-state index contributed by atoms with van der Waals surface area (Å²) >= 11 is 0. The van der Waals surface area contributed by atoms with E-state index in [1.165, 1.54) is 12.1 Å². The van der Waals surface area contributed by atoms with Gasteiger partial charge >= 0.3 is 0 Å². The predicted molar refractivity (Wildman–Crippen MR) is 112 cm³/mol. The molecular formula is C23H29FN2O3. The van der Waals surface area contributed by atoms with E-state index in [-0.39, 0.29) is 29.7 Å². The SMILES string of the molecule is CCCCNC(=O)c1ccc(COc2ccc(C(=O)NCCCC)cc2F)cc1. The fourth-order valence-corrected chi connectivity index (χ4v) is 2.63. The van der Waals surface area contributed by atoms with Gasteiger partial charge in [0.15, 0.2) is 11.6 Å². The summed E-state index contributed by atoms with van der Waals surface area (Å²) in [4.78, 5) is 24.0. The van der Waals surface area contributed by atoms with Crippen molar-refractivity contribution < 1.29 is 18.7 Å². The molecule has 29 heavy (non-hydrogen) atoms. The molecule has 0 bridgehead atoms. The summed E-state index contributed by atoms with van der Waals surface area (Å²) in [6.07, 6.45) is 3.83. The van der Waals surface area contributed by atoms with Gasteiger partial charge in [-0.3, -0.25) is 9.59 Å². The first-order chi connectivity index (χ1) is 14.0. The van der Waals surface area contributed by atoms with Crippen molar-refractivity contribution in [2.75, 3.05) is 13.1 Å². The zero-order valence-corrected chi connectivity index (χ0v) is 17.1. The summed E-state index contributed by atoms with van der Waals surface area (Å²) in [5.41, 5.74) is 1.66. The van der Waals surface area contributed by atoms with Gasteiger partial charge in [0, 0.05) is 24.2 Å². The van der Waals surface area contributed by atoms with Crippen molar-refractivity contribution in [1.82, 2.24) is 10.6 Å². The molecule has 0 saturated carbocycles. The molecule has 2 aromatic carbocycles. The van der Waals surface area contributed by atoms with E-state index >= 15 is 0 Å². The van der Waals surface area contributed by atoms with Crippen LogP contribution in [0, 0.1) is 5.82 Å². The highest BCUT2D eigenvalue weighted by atomic mass is 19.1. The average Bonchev–Trinajstić information content (AvgIpc) is 2.73. The summed E-state index contributed by atoms with van der Waals surface area (Å²) in [5.74, 6) is -0.905. The Morgan fingerprint density at radius 3 is 1.97 bits per heavy atom. The summed E-state index contributed by atoms with van der Waals surface area (Å²) in [5, 5.41) is 5.62. The summed E-state index contributed by atoms with van der Waals surface area (Å²) < 4.78 is 19.8. The molecule has 0 aliphatic heterocycles. The highest BCUT2D eigenvalue weighted by molar-refractivity contribution is 5.94. The third-order valence-electron chi connectivity index (χ3n) is 4.44. The molecule has 0 aromatic heterocycles. The monoisotopic (exact) mass is 400 g/mol. The van der Waals surface area contributed by atoms with Crippen molar-refractivity contribution in [3.05, 3.63) is 65.0 Å². The van der Waals surface area contributed by atoms with Crippen LogP contribution in [0.4, 0.5) is 4.39 Å². The first-order valence-electron chi connectivity index (χ1n) is 10.1. The van der Waals surface area contributed by atoms with Gasteiger partial charge in [-0.1, -0.05) is 38.8 Å². The number of halogens is 1. The number of rotatable bonds is 11. The molecular weight excluding hydrogens is 371 g/mol. The van der Waals surface area contributed by atoms with E-state index in [4.69, 9.17) is 4.74 Å². The van der Waals surface area contributed by atoms with E-state index in [1.54, 1.807) is 30.3 Å². The lowest BCUT2D eigenvalue weighted by Crippen LogP contribution is -2.24. The van der Waals surface area contributed by atoms with Crippen molar-refractivity contribution in [1.29, 1.82) is 0 Å². The smallest absolute Gasteiger partial charge is 0.251 e. The Kier molecular flexibility index (Phi) is 9.15. The number of benzene rings is 2. The molecule has 0 aliphatic rings. The highest BCUT2D eigenvalue weighted by Gasteiger charge is 2.11. The van der Waals surface area contributed by atoms with Crippen LogP contribution in [0.25, 0.3) is 0 Å². The summed E-state index contributed by atoms with van der Waals surface area (Å²) in [6.45, 7) is 5.50. The van der Waals surface area contributed by atoms with Crippen molar-refractivity contribution >= 4 is 11.8 Å². The quantitative estimate of drug-likeness (QED) is 0.547. The van der Waals surface area contributed by atoms with Crippen LogP contribution in [0.5, 0.6) is 5.75 Å². The molecule has 2 amide bonds. The van der Waals surface area contributed by atoms with Crippen LogP contribution >= 0.6 is 0 Å². The second-order valence-corrected chi connectivity index (χ2v) is 6.85. The molecule has 6 heteroatoms. The van der Waals surface area contributed by atoms with Gasteiger partial charge in [-0.05, 0) is 48.7 Å². The number of unbranched alkanes of at least 4 members (excludes halogenated alkanes) is 2. The fourth-order valence-electron chi connectivity index (χ4n) is 2.63. The standard InChI is InChI=1S/C23H29FN2O3/c1-3-5-13-25-22(27)18-9-7-17(8-10-18)16-29-21-12-11-19(15-20(21)24)23(28)26-14-6-4-2/h7-12,15H,3-6,13-14,16H2,1-2H3,(H,25,27)(H,26,28). The van der Waals surface area contributed by atoms with Gasteiger partial charge in [-0.2, -0.15) is 0 Å². The van der Waals surface area contributed by atoms with Crippen LogP contribution in [0.1, 0.15) is 65.8 Å². The minimum Gasteiger partial charge on any atom is -0.486 e. The van der Waals surface area contributed by atoms with Gasteiger partial charge < -0.3 is 15.4 Å². The van der Waals surface area contributed by atoms with Gasteiger partial charge in [-0.15, -0.1) is 0 Å². The fraction of sp³-hybridized carbons (Fsp3) is 0.391. The van der Waals surface area contributed by atoms with E-state index in [0.29, 0.717) is 18.7 Å². The lowest BCUT2D eigenvalue weighted by atomic mass is 10.1. The minimum atomic E-state index is -0.583. The number of amides is 2. The number of hydrogen-bond acceptors (Lipinski definition) is 3. The van der Waals surface area contributed by atoms with E-state index in [9.17, 15) is 14.0 Å². The lowest BCUT2D eigenvalue weighted by molar-refractivity contribution is 0.0944. The second kappa shape index (κ2) is 11.8. The molecule has 2 N–H and O–H groups in total. The van der Waals surface area contributed by atoms with Gasteiger partial charge in [0.2, 0.25) is 0 Å². The molecule has 0 heterocycles. The van der Waals surface area contributed by atoms with Gasteiger partial charge in [0.1, 0.15) is 6.61 Å². The Bertz CT molecular complexity index is 806. The molecule has 0 aliphatic carbocycles. The second-order valence-electron chi connectivity index (χ2n) is 6.85. The van der Waals surface area contributed by atoms with E-state index in [0.717, 1.165) is 31.2 Å². The number of carbonyl (C=O) groups excluding carboxylic acids is 2. The van der Waals surface area contributed by atoms with Crippen molar-refractivity contribution in [2.45, 2.75) is 46.1 Å². The first kappa shape index (κ1) is 22.4. The Hall–Kier alpha value is -2.89. The Morgan fingerprint density at radius 2 is 1.41 bits per heavy atom. The maximum Gasteiger partial charge on any atom is 0.251 e. The summed E-state index contributed by atoms with van der Waals surface area (Å²) in [7, 11) is 0. The molecule has 156 valence electrons. The average molecular weight is 400 g/mol. The van der Waals surface area contributed by atoms with Gasteiger partial charge in [0.25, 0.3) is 11.8 Å². The van der Waals surface area contributed by atoms with Crippen molar-refractivity contribution in [3.8, 4) is 5.75 Å². The molecule has 5 nitrogen and oxygen atoms in total. The normalized spacial score (nSPS) is 10.4. The van der Waals surface area contributed by atoms with E-state index in [1.807, 2.05) is 6.92 Å². The Labute approximate surface area is 171 Å². The van der Waals surface area contributed by atoms with Crippen LogP contribution in [0.2, 0.25) is 0 Å². The largest absolute Gasteiger partial charge is 0.486 e. The molecule has 0 unspecified atom stereocenters. The van der Waals surface area contributed by atoms with Gasteiger partial charge in [0.05, 0.1) is 0 Å². The molecule has 0 fully saturated rings. The maximum atomic E-state index is 14.3. The predicted octanol–water partition coefficient (Wildman–Crippen LogP) is 4.46. The van der Waals surface area contributed by atoms with Crippen LogP contribution in [-0.2, 0) is 6.61 Å². The number of carbonyl (C=O) groups is 2. The third kappa shape index (κ3) is 7.22. The minimum absolute atomic E-state index is 0.0801. The molecule has 0 atom stereocenters. The molecule has 2 rings (SSSR count). The van der Waals surface area contributed by atoms with Crippen molar-refractivity contribution in [2.24, 2.45) is 0 Å². The Balaban J connectivity index is 1.89. The lowest BCUT2D eigenvalue weighted by Gasteiger charge is -2.10. The maximum absolute atomic E-state index is 14.3. The van der Waals surface area contributed by atoms with E-state index in [2.05, 4.69) is 17.6 Å². The number of ether oxygens (including phenoxy) is 1. The zero-order chi connectivity index (χ0) is 21.1. The van der Waals surface area contributed by atoms with Crippen LogP contribution in [-0.4, -0.2) is 24.9 Å². The first-order valence-corrected chi connectivity index (χ1v) is 10.1. The number of nitrogens with one attached hydrogen (secondary N) is 2. The zero-order valence-electron chi connectivity index (χ0n) is 17.1.